The summed E-state index contributed by atoms with van der Waals surface area (Å²) in [5, 5.41) is 8.20. The first kappa shape index (κ1) is 17.9. The van der Waals surface area contributed by atoms with Crippen molar-refractivity contribution in [3.05, 3.63) is 34.3 Å². The third-order valence-electron chi connectivity index (χ3n) is 5.59. The van der Waals surface area contributed by atoms with E-state index in [9.17, 15) is 0 Å². The van der Waals surface area contributed by atoms with Crippen LogP contribution in [0.5, 0.6) is 0 Å². The van der Waals surface area contributed by atoms with Gasteiger partial charge in [0, 0.05) is 36.2 Å². The number of benzene rings is 1. The highest BCUT2D eigenvalue weighted by Crippen LogP contribution is 2.24. The zero-order valence-electron chi connectivity index (χ0n) is 15.0. The number of hydrogen-bond donors (Lipinski definition) is 1. The predicted octanol–water partition coefficient (Wildman–Crippen LogP) is 2.23. The van der Waals surface area contributed by atoms with E-state index in [4.69, 9.17) is 10.5 Å². The molecule has 0 aliphatic carbocycles. The Labute approximate surface area is 163 Å². The molecule has 4 rings (SSSR count). The molecule has 7 heteroatoms. The number of halogens is 1. The monoisotopic (exact) mass is 419 g/mol. The van der Waals surface area contributed by atoms with Crippen LogP contribution < -0.4 is 5.73 Å². The fourth-order valence-electron chi connectivity index (χ4n) is 4.20. The van der Waals surface area contributed by atoms with Crippen LogP contribution in [0, 0.1) is 0 Å². The van der Waals surface area contributed by atoms with Gasteiger partial charge in [0.2, 0.25) is 0 Å². The van der Waals surface area contributed by atoms with Gasteiger partial charge in [-0.05, 0) is 37.0 Å². The maximum Gasteiger partial charge on any atom is 0.135 e. The number of nitrogens with zero attached hydrogens (tertiary/aromatic N) is 4. The highest BCUT2D eigenvalue weighted by atomic mass is 79.9. The smallest absolute Gasteiger partial charge is 0.135 e. The molecule has 0 amide bonds. The largest absolute Gasteiger partial charge is 0.385 e. The van der Waals surface area contributed by atoms with Crippen LogP contribution in [0.25, 0.3) is 0 Å². The van der Waals surface area contributed by atoms with E-state index in [1.807, 2.05) is 0 Å². The van der Waals surface area contributed by atoms with Crippen LogP contribution in [-0.2, 0) is 11.2 Å². The number of ether oxygens (including phenoxy) is 1. The van der Waals surface area contributed by atoms with Crippen molar-refractivity contribution in [3.63, 3.8) is 0 Å². The molecule has 6 nitrogen and oxygen atoms in total. The van der Waals surface area contributed by atoms with E-state index in [2.05, 4.69) is 60.2 Å². The topological polar surface area (TPSA) is 66.5 Å². The number of piperidine rings is 1. The van der Waals surface area contributed by atoms with Crippen LogP contribution >= 0.6 is 15.9 Å². The summed E-state index contributed by atoms with van der Waals surface area (Å²) in [6.45, 7) is 4.77. The molecule has 0 radical (unpaired) electrons. The van der Waals surface area contributed by atoms with Gasteiger partial charge in [0.05, 0.1) is 19.6 Å². The van der Waals surface area contributed by atoms with Crippen LogP contribution in [0.3, 0.4) is 0 Å². The summed E-state index contributed by atoms with van der Waals surface area (Å²) >= 11 is 3.52. The van der Waals surface area contributed by atoms with Gasteiger partial charge in [-0.3, -0.25) is 4.90 Å². The molecule has 3 aliphatic heterocycles. The van der Waals surface area contributed by atoms with Gasteiger partial charge in [0.25, 0.3) is 0 Å². The standard InChI is InChI=1S/C19H26BrN5O/c20-15-3-1-14(2-4-15)11-17-13-26-10-9-25(17)16-5-7-24(8-6-16)19-12-18(21)22-23-19/h1-4,16-17H,5-13H2,(H2,21,22)/t17-/m0/s1. The summed E-state index contributed by atoms with van der Waals surface area (Å²) in [4.78, 5) is 5.04. The zero-order chi connectivity index (χ0) is 17.9. The van der Waals surface area contributed by atoms with Crippen molar-refractivity contribution in [1.82, 2.24) is 9.80 Å². The lowest BCUT2D eigenvalue weighted by Gasteiger charge is -2.45. The van der Waals surface area contributed by atoms with Crippen LogP contribution in [0.15, 0.2) is 38.9 Å². The lowest BCUT2D eigenvalue weighted by atomic mass is 9.97. The lowest BCUT2D eigenvalue weighted by molar-refractivity contribution is -0.0379. The Bertz CT molecular complexity index is 682. The van der Waals surface area contributed by atoms with Crippen molar-refractivity contribution in [2.45, 2.75) is 37.8 Å². The average molecular weight is 420 g/mol. The molecular formula is C19H26BrN5O. The van der Waals surface area contributed by atoms with Gasteiger partial charge in [0.1, 0.15) is 11.7 Å². The predicted molar refractivity (Wildman–Crippen MR) is 107 cm³/mol. The van der Waals surface area contributed by atoms with Crippen LogP contribution in [0.1, 0.15) is 24.8 Å². The van der Waals surface area contributed by atoms with E-state index in [0.29, 0.717) is 24.3 Å². The number of hydrogen-bond acceptors (Lipinski definition) is 6. The molecule has 26 heavy (non-hydrogen) atoms. The van der Waals surface area contributed by atoms with E-state index >= 15 is 0 Å². The summed E-state index contributed by atoms with van der Waals surface area (Å²) < 4.78 is 6.93. The summed E-state index contributed by atoms with van der Waals surface area (Å²) in [6.07, 6.45) is 4.07. The van der Waals surface area contributed by atoms with Gasteiger partial charge in [0.15, 0.2) is 0 Å². The number of amidine groups is 2. The van der Waals surface area contributed by atoms with Crippen LogP contribution in [0.4, 0.5) is 0 Å². The molecule has 2 fully saturated rings. The van der Waals surface area contributed by atoms with Crippen molar-refractivity contribution in [1.29, 1.82) is 0 Å². The van der Waals surface area contributed by atoms with Crippen molar-refractivity contribution in [2.24, 2.45) is 15.9 Å². The van der Waals surface area contributed by atoms with E-state index in [-0.39, 0.29) is 0 Å². The Morgan fingerprint density at radius 3 is 2.58 bits per heavy atom. The highest BCUT2D eigenvalue weighted by Gasteiger charge is 2.33. The molecule has 3 aliphatic rings. The summed E-state index contributed by atoms with van der Waals surface area (Å²) in [6, 6.07) is 9.75. The second-order valence-corrected chi connectivity index (χ2v) is 8.22. The van der Waals surface area contributed by atoms with E-state index < -0.39 is 0 Å². The Hall–Kier alpha value is -1.44. The third-order valence-corrected chi connectivity index (χ3v) is 6.12. The minimum Gasteiger partial charge on any atom is -0.385 e. The molecule has 2 saturated heterocycles. The molecule has 0 aromatic heterocycles. The molecule has 3 heterocycles. The fraction of sp³-hybridized carbons (Fsp3) is 0.579. The van der Waals surface area contributed by atoms with Gasteiger partial charge < -0.3 is 15.4 Å². The quantitative estimate of drug-likeness (QED) is 0.815. The Morgan fingerprint density at radius 1 is 1.12 bits per heavy atom. The molecule has 1 aromatic rings. The Kier molecular flexibility index (Phi) is 5.57. The van der Waals surface area contributed by atoms with Crippen LogP contribution in [0.2, 0.25) is 0 Å². The summed E-state index contributed by atoms with van der Waals surface area (Å²) in [5.41, 5.74) is 7.13. The molecule has 1 atom stereocenters. The molecule has 0 bridgehead atoms. The van der Waals surface area contributed by atoms with Crippen molar-refractivity contribution >= 4 is 27.6 Å². The van der Waals surface area contributed by atoms with Gasteiger partial charge in [-0.25, -0.2) is 0 Å². The number of likely N-dealkylation sites (tertiary alicyclic amines) is 1. The minimum atomic E-state index is 0.462. The first-order chi connectivity index (χ1) is 12.7. The zero-order valence-corrected chi connectivity index (χ0v) is 16.6. The second kappa shape index (κ2) is 8.06. The second-order valence-electron chi connectivity index (χ2n) is 7.30. The molecule has 1 aromatic carbocycles. The Balaban J connectivity index is 1.35. The Morgan fingerprint density at radius 2 is 1.88 bits per heavy atom. The van der Waals surface area contributed by atoms with Gasteiger partial charge in [-0.15, -0.1) is 10.2 Å². The lowest BCUT2D eigenvalue weighted by Crippen LogP contribution is -2.55. The maximum absolute atomic E-state index is 5.80. The number of morpholine rings is 1. The summed E-state index contributed by atoms with van der Waals surface area (Å²) in [5.74, 6) is 1.67. The third kappa shape index (κ3) is 4.10. The SMILES string of the molecule is NC1=NN=C(N2CCC(N3CCOC[C@@H]3Cc3ccc(Br)cc3)CC2)C1. The number of rotatable bonds is 3. The highest BCUT2D eigenvalue weighted by molar-refractivity contribution is 9.10. The first-order valence-corrected chi connectivity index (χ1v) is 10.2. The molecule has 140 valence electrons. The normalized spacial score (nSPS) is 25.3. The van der Waals surface area contributed by atoms with E-state index in [1.54, 1.807) is 0 Å². The van der Waals surface area contributed by atoms with Gasteiger partial charge in [-0.2, -0.15) is 0 Å². The summed E-state index contributed by atoms with van der Waals surface area (Å²) in [7, 11) is 0. The first-order valence-electron chi connectivity index (χ1n) is 9.41. The molecule has 0 spiro atoms. The average Bonchev–Trinajstić information content (AvgIpc) is 3.11. The van der Waals surface area contributed by atoms with E-state index in [1.165, 1.54) is 5.56 Å². The molecule has 2 N–H and O–H groups in total. The molecule has 0 saturated carbocycles. The maximum atomic E-state index is 5.80. The van der Waals surface area contributed by atoms with Gasteiger partial charge in [-0.1, -0.05) is 28.1 Å². The number of nitrogens with two attached hydrogens (primary N) is 1. The fourth-order valence-corrected chi connectivity index (χ4v) is 4.47. The van der Waals surface area contributed by atoms with Crippen molar-refractivity contribution in [2.75, 3.05) is 32.8 Å². The van der Waals surface area contributed by atoms with E-state index in [0.717, 1.165) is 62.4 Å². The molecular weight excluding hydrogens is 394 g/mol. The van der Waals surface area contributed by atoms with Gasteiger partial charge >= 0.3 is 0 Å². The minimum absolute atomic E-state index is 0.462. The van der Waals surface area contributed by atoms with Crippen molar-refractivity contribution in [3.8, 4) is 0 Å². The van der Waals surface area contributed by atoms with Crippen molar-refractivity contribution < 1.29 is 4.74 Å². The molecule has 0 unspecified atom stereocenters. The van der Waals surface area contributed by atoms with Crippen LogP contribution in [-0.4, -0.2) is 66.4 Å².